The summed E-state index contributed by atoms with van der Waals surface area (Å²) in [6.45, 7) is 3.83. The molecular weight excluding hydrogens is 364 g/mol. The molecule has 0 bridgehead atoms. The number of piperidine rings is 1. The van der Waals surface area contributed by atoms with E-state index < -0.39 is 0 Å². The summed E-state index contributed by atoms with van der Waals surface area (Å²) in [5.41, 5.74) is 2.25. The van der Waals surface area contributed by atoms with Crippen molar-refractivity contribution in [3.05, 3.63) is 72.2 Å². The van der Waals surface area contributed by atoms with Crippen LogP contribution in [0.2, 0.25) is 0 Å². The summed E-state index contributed by atoms with van der Waals surface area (Å²) in [4.78, 5) is 23.7. The standard InChI is InChI=1S/C23H24N4O2/c1-17-15-18(9-10-21(17)29-19-7-5-11-24-16-19)26-23(28)20-8-6-12-25-22(20)27-13-3-2-4-14-27/h5-12,15-16H,2-4,13-14H2,1H3,(H,26,28). The van der Waals surface area contributed by atoms with Gasteiger partial charge in [-0.1, -0.05) is 0 Å². The first-order valence-corrected chi connectivity index (χ1v) is 9.90. The van der Waals surface area contributed by atoms with Crippen LogP contribution in [0.1, 0.15) is 35.2 Å². The number of carbonyl (C=O) groups is 1. The van der Waals surface area contributed by atoms with E-state index in [4.69, 9.17) is 4.74 Å². The minimum atomic E-state index is -0.154. The van der Waals surface area contributed by atoms with Gasteiger partial charge in [-0.05, 0) is 74.2 Å². The smallest absolute Gasteiger partial charge is 0.259 e. The van der Waals surface area contributed by atoms with Crippen molar-refractivity contribution in [2.75, 3.05) is 23.3 Å². The number of rotatable bonds is 5. The van der Waals surface area contributed by atoms with E-state index in [2.05, 4.69) is 20.2 Å². The highest BCUT2D eigenvalue weighted by molar-refractivity contribution is 6.07. The topological polar surface area (TPSA) is 67.4 Å². The number of pyridine rings is 2. The van der Waals surface area contributed by atoms with Gasteiger partial charge in [-0.3, -0.25) is 9.78 Å². The molecule has 0 atom stereocenters. The number of aromatic nitrogens is 2. The Hall–Kier alpha value is -3.41. The minimum absolute atomic E-state index is 0.154. The average Bonchev–Trinajstić information content (AvgIpc) is 2.77. The van der Waals surface area contributed by atoms with Crippen LogP contribution in [0, 0.1) is 6.92 Å². The molecule has 2 aromatic heterocycles. The maximum absolute atomic E-state index is 12.9. The normalized spacial score (nSPS) is 13.8. The van der Waals surface area contributed by atoms with Gasteiger partial charge in [0, 0.05) is 31.2 Å². The van der Waals surface area contributed by atoms with Crippen LogP contribution >= 0.6 is 0 Å². The second-order valence-corrected chi connectivity index (χ2v) is 7.15. The van der Waals surface area contributed by atoms with Gasteiger partial charge in [-0.2, -0.15) is 0 Å². The Balaban J connectivity index is 1.50. The molecule has 0 spiro atoms. The number of carbonyl (C=O) groups excluding carboxylic acids is 1. The fourth-order valence-electron chi connectivity index (χ4n) is 3.51. The first-order valence-electron chi connectivity index (χ1n) is 9.90. The lowest BCUT2D eigenvalue weighted by Gasteiger charge is -2.29. The Morgan fingerprint density at radius 2 is 1.90 bits per heavy atom. The van der Waals surface area contributed by atoms with Gasteiger partial charge in [0.1, 0.15) is 17.3 Å². The first kappa shape index (κ1) is 18.9. The summed E-state index contributed by atoms with van der Waals surface area (Å²) in [5, 5.41) is 3.00. The molecule has 1 N–H and O–H groups in total. The monoisotopic (exact) mass is 388 g/mol. The summed E-state index contributed by atoms with van der Waals surface area (Å²) in [7, 11) is 0. The molecular formula is C23H24N4O2. The number of benzene rings is 1. The number of hydrogen-bond donors (Lipinski definition) is 1. The number of nitrogens with zero attached hydrogens (tertiary/aromatic N) is 3. The van der Waals surface area contributed by atoms with Crippen molar-refractivity contribution >= 4 is 17.4 Å². The molecule has 3 aromatic rings. The molecule has 4 rings (SSSR count). The predicted octanol–water partition coefficient (Wildman–Crippen LogP) is 4.82. The molecule has 0 aliphatic carbocycles. The lowest BCUT2D eigenvalue weighted by molar-refractivity contribution is 0.102. The molecule has 148 valence electrons. The van der Waals surface area contributed by atoms with Crippen LogP contribution in [0.25, 0.3) is 0 Å². The fourth-order valence-corrected chi connectivity index (χ4v) is 3.51. The van der Waals surface area contributed by atoms with Gasteiger partial charge < -0.3 is 15.0 Å². The number of nitrogens with one attached hydrogen (secondary N) is 1. The molecule has 1 aliphatic heterocycles. The van der Waals surface area contributed by atoms with Crippen LogP contribution in [0.15, 0.2) is 61.1 Å². The van der Waals surface area contributed by atoms with E-state index in [0.717, 1.165) is 48.7 Å². The van der Waals surface area contributed by atoms with Crippen LogP contribution in [0.4, 0.5) is 11.5 Å². The highest BCUT2D eigenvalue weighted by Gasteiger charge is 2.19. The zero-order valence-corrected chi connectivity index (χ0v) is 16.5. The average molecular weight is 388 g/mol. The van der Waals surface area contributed by atoms with E-state index >= 15 is 0 Å². The predicted molar refractivity (Wildman–Crippen MR) is 114 cm³/mol. The molecule has 0 radical (unpaired) electrons. The Labute approximate surface area is 170 Å². The SMILES string of the molecule is Cc1cc(NC(=O)c2cccnc2N2CCCCC2)ccc1Oc1cccnc1. The Bertz CT molecular complexity index is 985. The summed E-state index contributed by atoms with van der Waals surface area (Å²) in [5.74, 6) is 2.01. The number of hydrogen-bond acceptors (Lipinski definition) is 5. The van der Waals surface area contributed by atoms with Gasteiger partial charge in [-0.25, -0.2) is 4.98 Å². The molecule has 1 saturated heterocycles. The largest absolute Gasteiger partial charge is 0.455 e. The highest BCUT2D eigenvalue weighted by Crippen LogP contribution is 2.28. The maximum atomic E-state index is 12.9. The molecule has 1 aliphatic rings. The van der Waals surface area contributed by atoms with Gasteiger partial charge in [0.2, 0.25) is 0 Å². The van der Waals surface area contributed by atoms with Crippen molar-refractivity contribution in [2.45, 2.75) is 26.2 Å². The number of anilines is 2. The second-order valence-electron chi connectivity index (χ2n) is 7.15. The molecule has 29 heavy (non-hydrogen) atoms. The number of aryl methyl sites for hydroxylation is 1. The molecule has 6 heteroatoms. The van der Waals surface area contributed by atoms with Gasteiger partial charge in [0.15, 0.2) is 0 Å². The van der Waals surface area contributed by atoms with E-state index in [0.29, 0.717) is 11.3 Å². The summed E-state index contributed by atoms with van der Waals surface area (Å²) in [6, 6.07) is 12.9. The van der Waals surface area contributed by atoms with E-state index in [1.165, 1.54) is 6.42 Å². The van der Waals surface area contributed by atoms with E-state index in [1.807, 2.05) is 43.3 Å². The Morgan fingerprint density at radius 3 is 2.66 bits per heavy atom. The zero-order valence-electron chi connectivity index (χ0n) is 16.5. The van der Waals surface area contributed by atoms with E-state index in [9.17, 15) is 4.79 Å². The van der Waals surface area contributed by atoms with Crippen molar-refractivity contribution in [3.63, 3.8) is 0 Å². The van der Waals surface area contributed by atoms with E-state index in [-0.39, 0.29) is 5.91 Å². The molecule has 3 heterocycles. The second kappa shape index (κ2) is 8.73. The van der Waals surface area contributed by atoms with Gasteiger partial charge in [-0.15, -0.1) is 0 Å². The van der Waals surface area contributed by atoms with Crippen LogP contribution in [-0.4, -0.2) is 29.0 Å². The summed E-state index contributed by atoms with van der Waals surface area (Å²) >= 11 is 0. The maximum Gasteiger partial charge on any atom is 0.259 e. The molecule has 1 aromatic carbocycles. The van der Waals surface area contributed by atoms with Crippen molar-refractivity contribution in [2.24, 2.45) is 0 Å². The van der Waals surface area contributed by atoms with Gasteiger partial charge in [0.05, 0.1) is 11.8 Å². The highest BCUT2D eigenvalue weighted by atomic mass is 16.5. The van der Waals surface area contributed by atoms with Gasteiger partial charge in [0.25, 0.3) is 5.91 Å². The van der Waals surface area contributed by atoms with Crippen molar-refractivity contribution in [1.29, 1.82) is 0 Å². The van der Waals surface area contributed by atoms with Crippen molar-refractivity contribution in [3.8, 4) is 11.5 Å². The van der Waals surface area contributed by atoms with E-state index in [1.54, 1.807) is 24.7 Å². The molecule has 0 unspecified atom stereocenters. The minimum Gasteiger partial charge on any atom is -0.455 e. The summed E-state index contributed by atoms with van der Waals surface area (Å²) < 4.78 is 5.86. The Kier molecular flexibility index (Phi) is 5.70. The van der Waals surface area contributed by atoms with Crippen LogP contribution in [0.3, 0.4) is 0 Å². The number of ether oxygens (including phenoxy) is 1. The third-order valence-electron chi connectivity index (χ3n) is 4.98. The number of amides is 1. The fraction of sp³-hybridized carbons (Fsp3) is 0.261. The lowest BCUT2D eigenvalue weighted by Crippen LogP contribution is -2.32. The molecule has 1 amide bonds. The summed E-state index contributed by atoms with van der Waals surface area (Å²) in [6.07, 6.45) is 8.62. The quantitative estimate of drug-likeness (QED) is 0.679. The zero-order chi connectivity index (χ0) is 20.1. The molecule has 0 saturated carbocycles. The van der Waals surface area contributed by atoms with Crippen LogP contribution < -0.4 is 15.0 Å². The Morgan fingerprint density at radius 1 is 1.07 bits per heavy atom. The van der Waals surface area contributed by atoms with Crippen molar-refractivity contribution in [1.82, 2.24) is 9.97 Å². The third kappa shape index (κ3) is 4.54. The third-order valence-corrected chi connectivity index (χ3v) is 4.98. The lowest BCUT2D eigenvalue weighted by atomic mass is 10.1. The van der Waals surface area contributed by atoms with Gasteiger partial charge >= 0.3 is 0 Å². The van der Waals surface area contributed by atoms with Crippen LogP contribution in [-0.2, 0) is 0 Å². The van der Waals surface area contributed by atoms with Crippen LogP contribution in [0.5, 0.6) is 11.5 Å². The first-order chi connectivity index (χ1) is 14.2. The van der Waals surface area contributed by atoms with Crippen molar-refractivity contribution < 1.29 is 9.53 Å². The molecule has 1 fully saturated rings. The molecule has 6 nitrogen and oxygen atoms in total.